The standard InChI is InChI=1S/C12H16O2/c1-11(7-8-13)9-14-10-12-5-3-2-4-6-12/h2-7,13H,8-10H2,1H3/b11-7+. The first-order valence-corrected chi connectivity index (χ1v) is 4.71. The van der Waals surface area contributed by atoms with E-state index in [1.807, 2.05) is 37.3 Å². The van der Waals surface area contributed by atoms with Crippen LogP contribution < -0.4 is 0 Å². The van der Waals surface area contributed by atoms with Gasteiger partial charge in [0.25, 0.3) is 0 Å². The molecule has 1 N–H and O–H groups in total. The molecule has 14 heavy (non-hydrogen) atoms. The van der Waals surface area contributed by atoms with E-state index >= 15 is 0 Å². The Morgan fingerprint density at radius 3 is 2.71 bits per heavy atom. The van der Waals surface area contributed by atoms with Crippen molar-refractivity contribution in [1.29, 1.82) is 0 Å². The first-order chi connectivity index (χ1) is 6.83. The van der Waals surface area contributed by atoms with Crippen molar-refractivity contribution in [2.45, 2.75) is 13.5 Å². The average Bonchev–Trinajstić information content (AvgIpc) is 2.20. The summed E-state index contributed by atoms with van der Waals surface area (Å²) in [6.45, 7) is 3.23. The number of aliphatic hydroxyl groups excluding tert-OH is 1. The fourth-order valence-electron chi connectivity index (χ4n) is 1.12. The number of benzene rings is 1. The van der Waals surface area contributed by atoms with Crippen molar-refractivity contribution >= 4 is 0 Å². The van der Waals surface area contributed by atoms with Gasteiger partial charge in [0.05, 0.1) is 19.8 Å². The average molecular weight is 192 g/mol. The molecule has 0 saturated carbocycles. The predicted octanol–water partition coefficient (Wildman–Crippen LogP) is 2.14. The summed E-state index contributed by atoms with van der Waals surface area (Å²) in [5, 5.41) is 8.62. The highest BCUT2D eigenvalue weighted by atomic mass is 16.5. The van der Waals surface area contributed by atoms with E-state index in [1.54, 1.807) is 6.08 Å². The number of aliphatic hydroxyl groups is 1. The van der Waals surface area contributed by atoms with Crippen molar-refractivity contribution < 1.29 is 9.84 Å². The Balaban J connectivity index is 2.25. The number of hydrogen-bond acceptors (Lipinski definition) is 2. The van der Waals surface area contributed by atoms with Crippen LogP contribution in [0.25, 0.3) is 0 Å². The molecule has 1 rings (SSSR count). The van der Waals surface area contributed by atoms with Crippen LogP contribution in [-0.4, -0.2) is 18.3 Å². The summed E-state index contributed by atoms with van der Waals surface area (Å²) in [5.41, 5.74) is 2.23. The molecule has 1 aromatic carbocycles. The zero-order chi connectivity index (χ0) is 10.2. The second kappa shape index (κ2) is 6.35. The lowest BCUT2D eigenvalue weighted by atomic mass is 10.2. The van der Waals surface area contributed by atoms with Gasteiger partial charge >= 0.3 is 0 Å². The minimum absolute atomic E-state index is 0.0839. The van der Waals surface area contributed by atoms with E-state index in [4.69, 9.17) is 9.84 Å². The Morgan fingerprint density at radius 1 is 1.36 bits per heavy atom. The molecule has 0 aromatic heterocycles. The molecule has 0 atom stereocenters. The molecule has 0 spiro atoms. The van der Waals surface area contributed by atoms with Crippen LogP contribution in [0.1, 0.15) is 12.5 Å². The molecule has 2 heteroatoms. The van der Waals surface area contributed by atoms with Gasteiger partial charge < -0.3 is 9.84 Å². The summed E-state index contributed by atoms with van der Waals surface area (Å²) in [7, 11) is 0. The van der Waals surface area contributed by atoms with Crippen molar-refractivity contribution in [3.8, 4) is 0 Å². The molecule has 0 unspecified atom stereocenters. The summed E-state index contributed by atoms with van der Waals surface area (Å²) in [5.74, 6) is 0. The molecular weight excluding hydrogens is 176 g/mol. The summed E-state index contributed by atoms with van der Waals surface area (Å²) < 4.78 is 5.45. The van der Waals surface area contributed by atoms with Gasteiger partial charge in [-0.25, -0.2) is 0 Å². The Bertz CT molecular complexity index is 278. The van der Waals surface area contributed by atoms with Gasteiger partial charge in [0.2, 0.25) is 0 Å². The SMILES string of the molecule is C/C(=C\CO)COCc1ccccc1. The van der Waals surface area contributed by atoms with Gasteiger partial charge in [-0.3, -0.25) is 0 Å². The third kappa shape index (κ3) is 4.21. The molecule has 0 aliphatic heterocycles. The molecule has 76 valence electrons. The van der Waals surface area contributed by atoms with Crippen LogP contribution in [0.5, 0.6) is 0 Å². The van der Waals surface area contributed by atoms with Crippen LogP contribution in [0.2, 0.25) is 0 Å². The summed E-state index contributed by atoms with van der Waals surface area (Å²) in [4.78, 5) is 0. The Morgan fingerprint density at radius 2 is 2.07 bits per heavy atom. The van der Waals surface area contributed by atoms with E-state index in [0.717, 1.165) is 5.57 Å². The third-order valence-electron chi connectivity index (χ3n) is 1.88. The molecule has 0 fully saturated rings. The van der Waals surface area contributed by atoms with Crippen molar-refractivity contribution in [3.63, 3.8) is 0 Å². The third-order valence-corrected chi connectivity index (χ3v) is 1.88. The summed E-state index contributed by atoms with van der Waals surface area (Å²) in [6, 6.07) is 10.0. The topological polar surface area (TPSA) is 29.5 Å². The number of rotatable bonds is 5. The van der Waals surface area contributed by atoms with Crippen molar-refractivity contribution in [3.05, 3.63) is 47.5 Å². The molecule has 2 nitrogen and oxygen atoms in total. The van der Waals surface area contributed by atoms with Crippen LogP contribution in [0, 0.1) is 0 Å². The molecule has 0 heterocycles. The molecule has 0 bridgehead atoms. The van der Waals surface area contributed by atoms with Crippen molar-refractivity contribution in [1.82, 2.24) is 0 Å². The Kier molecular flexibility index (Phi) is 4.97. The predicted molar refractivity (Wildman–Crippen MR) is 56.9 cm³/mol. The highest BCUT2D eigenvalue weighted by molar-refractivity contribution is 5.13. The van der Waals surface area contributed by atoms with Gasteiger partial charge in [0.15, 0.2) is 0 Å². The molecule has 0 radical (unpaired) electrons. The maximum atomic E-state index is 8.62. The first kappa shape index (κ1) is 11.0. The summed E-state index contributed by atoms with van der Waals surface area (Å²) in [6.07, 6.45) is 1.75. The van der Waals surface area contributed by atoms with Gasteiger partial charge in [0, 0.05) is 0 Å². The summed E-state index contributed by atoms with van der Waals surface area (Å²) >= 11 is 0. The lowest BCUT2D eigenvalue weighted by molar-refractivity contribution is 0.142. The maximum absolute atomic E-state index is 8.62. The maximum Gasteiger partial charge on any atom is 0.0721 e. The van der Waals surface area contributed by atoms with Gasteiger partial charge in [0.1, 0.15) is 0 Å². The van der Waals surface area contributed by atoms with Gasteiger partial charge in [-0.2, -0.15) is 0 Å². The van der Waals surface area contributed by atoms with Gasteiger partial charge in [-0.15, -0.1) is 0 Å². The first-order valence-electron chi connectivity index (χ1n) is 4.71. The lowest BCUT2D eigenvalue weighted by Gasteiger charge is -2.04. The highest BCUT2D eigenvalue weighted by Gasteiger charge is 1.92. The second-order valence-corrected chi connectivity index (χ2v) is 3.21. The van der Waals surface area contributed by atoms with Crippen LogP contribution in [0.15, 0.2) is 42.0 Å². The van der Waals surface area contributed by atoms with Crippen LogP contribution in [-0.2, 0) is 11.3 Å². The number of hydrogen-bond donors (Lipinski definition) is 1. The molecule has 0 saturated heterocycles. The number of ether oxygens (including phenoxy) is 1. The largest absolute Gasteiger partial charge is 0.392 e. The van der Waals surface area contributed by atoms with Gasteiger partial charge in [-0.05, 0) is 18.1 Å². The van der Waals surface area contributed by atoms with Crippen molar-refractivity contribution in [2.75, 3.05) is 13.2 Å². The fourth-order valence-corrected chi connectivity index (χ4v) is 1.12. The fraction of sp³-hybridized carbons (Fsp3) is 0.333. The molecule has 0 aliphatic rings. The Hall–Kier alpha value is -1.12. The monoisotopic (exact) mass is 192 g/mol. The normalized spacial score (nSPS) is 11.7. The van der Waals surface area contributed by atoms with Crippen molar-refractivity contribution in [2.24, 2.45) is 0 Å². The Labute approximate surface area is 84.8 Å². The minimum atomic E-state index is 0.0839. The van der Waals surface area contributed by atoms with E-state index in [9.17, 15) is 0 Å². The van der Waals surface area contributed by atoms with Crippen LogP contribution >= 0.6 is 0 Å². The molecule has 0 aliphatic carbocycles. The van der Waals surface area contributed by atoms with E-state index in [-0.39, 0.29) is 6.61 Å². The van der Waals surface area contributed by atoms with Crippen LogP contribution in [0.3, 0.4) is 0 Å². The molecular formula is C12H16O2. The van der Waals surface area contributed by atoms with E-state index in [1.165, 1.54) is 5.56 Å². The van der Waals surface area contributed by atoms with E-state index < -0.39 is 0 Å². The second-order valence-electron chi connectivity index (χ2n) is 3.21. The zero-order valence-electron chi connectivity index (χ0n) is 8.44. The quantitative estimate of drug-likeness (QED) is 0.724. The van der Waals surface area contributed by atoms with E-state index in [2.05, 4.69) is 0 Å². The van der Waals surface area contributed by atoms with Gasteiger partial charge in [-0.1, -0.05) is 36.4 Å². The molecule has 0 amide bonds. The lowest BCUT2D eigenvalue weighted by Crippen LogP contribution is -1.97. The highest BCUT2D eigenvalue weighted by Crippen LogP contribution is 2.02. The van der Waals surface area contributed by atoms with Crippen LogP contribution in [0.4, 0.5) is 0 Å². The van der Waals surface area contributed by atoms with E-state index in [0.29, 0.717) is 13.2 Å². The smallest absolute Gasteiger partial charge is 0.0721 e. The zero-order valence-corrected chi connectivity index (χ0v) is 8.44. The minimum Gasteiger partial charge on any atom is -0.392 e. The molecule has 1 aromatic rings.